The fraction of sp³-hybridized carbons (Fsp3) is 0.196. The average molecular weight is 697 g/mol. The zero-order valence-corrected chi connectivity index (χ0v) is 29.9. The zero-order chi connectivity index (χ0) is 35.7. The summed E-state index contributed by atoms with van der Waals surface area (Å²) in [6.07, 6.45) is 6.53. The van der Waals surface area contributed by atoms with E-state index in [0.29, 0.717) is 23.1 Å². The molecule has 13 rings (SSSR count). The number of hydrogen-bond donors (Lipinski definition) is 0. The van der Waals surface area contributed by atoms with Crippen molar-refractivity contribution < 1.29 is 4.39 Å². The lowest BCUT2D eigenvalue weighted by atomic mass is 9.43. The second kappa shape index (κ2) is 11.0. The number of halogens is 1. The Hall–Kier alpha value is -5.98. The van der Waals surface area contributed by atoms with Gasteiger partial charge in [0.05, 0.1) is 12.1 Å². The minimum atomic E-state index is -0.129. The molecule has 0 N–H and O–H groups in total. The number of fused-ring (bicyclic) bond motifs is 7. The number of benzene rings is 7. The molecular weight excluding hydrogens is 660 g/mol. The van der Waals surface area contributed by atoms with Gasteiger partial charge < -0.3 is 4.57 Å². The van der Waals surface area contributed by atoms with Crippen molar-refractivity contribution >= 4 is 38.3 Å². The van der Waals surface area contributed by atoms with Gasteiger partial charge >= 0.3 is 0 Å². The van der Waals surface area contributed by atoms with Crippen LogP contribution in [0.2, 0.25) is 0 Å². The molecule has 54 heavy (non-hydrogen) atoms. The van der Waals surface area contributed by atoms with Gasteiger partial charge in [0.2, 0.25) is 0 Å². The molecule has 0 atom stereocenters. The van der Waals surface area contributed by atoms with Gasteiger partial charge in [0, 0.05) is 33.0 Å². The second-order valence-corrected chi connectivity index (χ2v) is 16.6. The van der Waals surface area contributed by atoms with Crippen LogP contribution >= 0.6 is 0 Å². The lowest BCUT2D eigenvalue weighted by Gasteiger charge is -2.61. The Kier molecular flexibility index (Phi) is 6.23. The van der Waals surface area contributed by atoms with E-state index in [0.717, 1.165) is 44.9 Å². The average Bonchev–Trinajstić information content (AvgIpc) is 3.68. The van der Waals surface area contributed by atoms with E-state index in [9.17, 15) is 0 Å². The van der Waals surface area contributed by atoms with E-state index < -0.39 is 0 Å². The van der Waals surface area contributed by atoms with E-state index in [1.54, 1.807) is 0 Å². The molecule has 8 aromatic rings. The van der Waals surface area contributed by atoms with Crippen molar-refractivity contribution in [2.75, 3.05) is 0 Å². The highest BCUT2D eigenvalue weighted by Gasteiger charge is 2.61. The van der Waals surface area contributed by atoms with Gasteiger partial charge in [0.15, 0.2) is 5.69 Å². The van der Waals surface area contributed by atoms with Crippen LogP contribution < -0.4 is 0 Å². The summed E-state index contributed by atoms with van der Waals surface area (Å²) in [4.78, 5) is 3.81. The number of rotatable bonds is 3. The van der Waals surface area contributed by atoms with E-state index in [1.807, 2.05) is 18.2 Å². The summed E-state index contributed by atoms with van der Waals surface area (Å²) < 4.78 is 19.2. The summed E-state index contributed by atoms with van der Waals surface area (Å²) in [7, 11) is 0. The maximum absolute atomic E-state index is 16.9. The van der Waals surface area contributed by atoms with E-state index in [1.165, 1.54) is 76.3 Å². The summed E-state index contributed by atoms with van der Waals surface area (Å²) in [5.74, 6) is 2.76. The first-order valence-electron chi connectivity index (χ1n) is 19.6. The van der Waals surface area contributed by atoms with Crippen molar-refractivity contribution in [2.24, 2.45) is 23.7 Å². The van der Waals surface area contributed by atoms with Crippen molar-refractivity contribution in [3.8, 4) is 39.1 Å². The smallest absolute Gasteiger partial charge is 0.189 e. The van der Waals surface area contributed by atoms with Crippen LogP contribution in [-0.2, 0) is 5.41 Å². The highest BCUT2D eigenvalue weighted by Crippen LogP contribution is 2.69. The van der Waals surface area contributed by atoms with Gasteiger partial charge in [0.25, 0.3) is 0 Å². The standard InChI is InChI=1S/C51H37FN2/c1-53-37-16-18-41-45-25-34(15-19-49(45)54(50(41)26-37)38-17-14-33-10-7-12-39(42(33)27-38)32-8-3-2-4-9-32)43-28-44-40-11-5-6-13-46(40)51(47(44)29-48(43)52)35-21-30-20-31(23-35)24-36(51)22-30/h2-19,25-31,35-36H,20-24H2. The second-order valence-electron chi connectivity index (χ2n) is 16.6. The molecule has 0 saturated heterocycles. The van der Waals surface area contributed by atoms with E-state index in [-0.39, 0.29) is 11.2 Å². The molecule has 0 radical (unpaired) electrons. The van der Waals surface area contributed by atoms with Gasteiger partial charge in [-0.1, -0.05) is 97.1 Å². The zero-order valence-electron chi connectivity index (χ0n) is 29.9. The minimum Gasteiger partial charge on any atom is -0.310 e. The van der Waals surface area contributed by atoms with Crippen molar-refractivity contribution in [1.82, 2.24) is 4.57 Å². The monoisotopic (exact) mass is 696 g/mol. The summed E-state index contributed by atoms with van der Waals surface area (Å²) in [5.41, 5.74) is 12.7. The first kappa shape index (κ1) is 30.5. The van der Waals surface area contributed by atoms with Crippen LogP contribution in [-0.4, -0.2) is 4.57 Å². The molecule has 5 aliphatic carbocycles. The Bertz CT molecular complexity index is 2900. The van der Waals surface area contributed by atoms with Gasteiger partial charge in [0.1, 0.15) is 5.82 Å². The summed E-state index contributed by atoms with van der Waals surface area (Å²) in [6, 6.07) is 49.1. The number of nitrogens with zero attached hydrogens (tertiary/aromatic N) is 2. The molecule has 1 spiro atoms. The fourth-order valence-electron chi connectivity index (χ4n) is 12.2. The van der Waals surface area contributed by atoms with E-state index in [2.05, 4.69) is 131 Å². The van der Waals surface area contributed by atoms with Crippen LogP contribution in [0.4, 0.5) is 10.1 Å². The molecule has 4 fully saturated rings. The Morgan fingerprint density at radius 3 is 2.13 bits per heavy atom. The summed E-state index contributed by atoms with van der Waals surface area (Å²) >= 11 is 0. The highest BCUT2D eigenvalue weighted by molar-refractivity contribution is 6.12. The maximum atomic E-state index is 16.9. The molecule has 7 aromatic carbocycles. The van der Waals surface area contributed by atoms with Crippen LogP contribution in [0.1, 0.15) is 43.2 Å². The van der Waals surface area contributed by atoms with Crippen LogP contribution in [0, 0.1) is 36.1 Å². The van der Waals surface area contributed by atoms with Crippen molar-refractivity contribution in [2.45, 2.75) is 37.5 Å². The molecule has 0 aliphatic heterocycles. The van der Waals surface area contributed by atoms with Crippen molar-refractivity contribution in [1.29, 1.82) is 0 Å². The predicted molar refractivity (Wildman–Crippen MR) is 219 cm³/mol. The molecule has 1 aromatic heterocycles. The molecule has 0 unspecified atom stereocenters. The number of aromatic nitrogens is 1. The molecule has 3 heteroatoms. The first-order valence-corrected chi connectivity index (χ1v) is 19.6. The molecule has 0 amide bonds. The van der Waals surface area contributed by atoms with Crippen LogP contribution in [0.25, 0.3) is 76.5 Å². The molecule has 2 nitrogen and oxygen atoms in total. The first-order chi connectivity index (χ1) is 26.6. The third-order valence-corrected chi connectivity index (χ3v) is 14.0. The van der Waals surface area contributed by atoms with Gasteiger partial charge in [-0.3, -0.25) is 0 Å². The minimum absolute atomic E-state index is 0.0586. The van der Waals surface area contributed by atoms with Crippen molar-refractivity contribution in [3.05, 3.63) is 168 Å². The van der Waals surface area contributed by atoms with Gasteiger partial charge in [-0.15, -0.1) is 0 Å². The lowest BCUT2D eigenvalue weighted by Crippen LogP contribution is -2.55. The SMILES string of the molecule is [C-]#[N+]c1ccc2c3cc(-c4cc5c(cc4F)C4(c6ccccc6-5)C5CC6CC(C5)CC4C6)ccc3n(-c3ccc4cccc(-c5ccccc5)c4c3)c2c1. The molecule has 4 bridgehead atoms. The Balaban J connectivity index is 1.05. The Morgan fingerprint density at radius 2 is 1.31 bits per heavy atom. The highest BCUT2D eigenvalue weighted by atomic mass is 19.1. The largest absolute Gasteiger partial charge is 0.310 e. The molecule has 5 aliphatic rings. The summed E-state index contributed by atoms with van der Waals surface area (Å²) in [6.45, 7) is 7.84. The topological polar surface area (TPSA) is 9.29 Å². The fourth-order valence-corrected chi connectivity index (χ4v) is 12.2. The third-order valence-electron chi connectivity index (χ3n) is 14.0. The normalized spacial score (nSPS) is 23.3. The van der Waals surface area contributed by atoms with Crippen molar-refractivity contribution in [3.63, 3.8) is 0 Å². The van der Waals surface area contributed by atoms with Gasteiger partial charge in [-0.05, 0) is 148 Å². The maximum Gasteiger partial charge on any atom is 0.189 e. The van der Waals surface area contributed by atoms with Crippen LogP contribution in [0.5, 0.6) is 0 Å². The van der Waals surface area contributed by atoms with Crippen LogP contribution in [0.15, 0.2) is 140 Å². The third kappa shape index (κ3) is 4.04. The van der Waals surface area contributed by atoms with Gasteiger partial charge in [-0.25, -0.2) is 9.24 Å². The quantitative estimate of drug-likeness (QED) is 0.163. The molecule has 1 heterocycles. The Morgan fingerprint density at radius 1 is 0.537 bits per heavy atom. The lowest BCUT2D eigenvalue weighted by molar-refractivity contribution is -0.0400. The summed E-state index contributed by atoms with van der Waals surface area (Å²) in [5, 5.41) is 4.45. The predicted octanol–water partition coefficient (Wildman–Crippen LogP) is 13.7. The van der Waals surface area contributed by atoms with Gasteiger partial charge in [-0.2, -0.15) is 0 Å². The molecule has 258 valence electrons. The Labute approximate surface area is 314 Å². The molecule has 4 saturated carbocycles. The number of hydrogen-bond acceptors (Lipinski definition) is 0. The molecular formula is C51H37FN2. The van der Waals surface area contributed by atoms with E-state index >= 15 is 4.39 Å². The van der Waals surface area contributed by atoms with E-state index in [4.69, 9.17) is 6.57 Å². The van der Waals surface area contributed by atoms with Crippen LogP contribution in [0.3, 0.4) is 0 Å².